The van der Waals surface area contributed by atoms with Crippen LogP contribution >= 0.6 is 11.3 Å². The van der Waals surface area contributed by atoms with Crippen LogP contribution in [-0.4, -0.2) is 32.2 Å². The van der Waals surface area contributed by atoms with Crippen molar-refractivity contribution < 1.29 is 22.4 Å². The maximum absolute atomic E-state index is 14.2. The van der Waals surface area contributed by atoms with Crippen molar-refractivity contribution in [3.8, 4) is 10.6 Å². The molecule has 2 amide bonds. The van der Waals surface area contributed by atoms with Crippen molar-refractivity contribution in [2.45, 2.75) is 44.9 Å². The van der Waals surface area contributed by atoms with Crippen LogP contribution in [0.15, 0.2) is 36.5 Å². The Balaban J connectivity index is 1.51. The molecule has 2 aromatic heterocycles. The zero-order chi connectivity index (χ0) is 23.0. The Labute approximate surface area is 185 Å². The molecule has 1 aromatic carbocycles. The van der Waals surface area contributed by atoms with Gasteiger partial charge in [0.05, 0.1) is 6.04 Å². The number of carbonyl (C=O) groups excluding carboxylic acids is 1. The lowest BCUT2D eigenvalue weighted by atomic mass is 9.89. The third-order valence-electron chi connectivity index (χ3n) is 5.50. The van der Waals surface area contributed by atoms with Gasteiger partial charge in [0.25, 0.3) is 0 Å². The topological polar surface area (TPSA) is 71.0 Å². The first-order valence-electron chi connectivity index (χ1n) is 9.92. The van der Waals surface area contributed by atoms with E-state index in [-0.39, 0.29) is 23.1 Å². The number of amides is 2. The Hall–Kier alpha value is -3.08. The molecule has 0 fully saturated rings. The van der Waals surface area contributed by atoms with Crippen molar-refractivity contribution in [1.29, 1.82) is 0 Å². The summed E-state index contributed by atoms with van der Waals surface area (Å²) in [7, 11) is 0. The number of pyridine rings is 1. The first kappa shape index (κ1) is 22.1. The number of anilines is 1. The molecule has 168 valence electrons. The van der Waals surface area contributed by atoms with Crippen molar-refractivity contribution in [2.75, 3.05) is 5.32 Å². The lowest BCUT2D eigenvalue weighted by Gasteiger charge is -2.41. The number of alkyl halides is 3. The summed E-state index contributed by atoms with van der Waals surface area (Å²) in [6, 6.07) is 7.17. The second-order valence-electron chi connectivity index (χ2n) is 7.44. The zero-order valence-electron chi connectivity index (χ0n) is 17.2. The van der Waals surface area contributed by atoms with Gasteiger partial charge in [0.2, 0.25) is 11.0 Å². The number of benzene rings is 1. The van der Waals surface area contributed by atoms with Gasteiger partial charge in [-0.05, 0) is 55.7 Å². The maximum atomic E-state index is 14.2. The predicted molar refractivity (Wildman–Crippen MR) is 112 cm³/mol. The molecule has 32 heavy (non-hydrogen) atoms. The SMILES string of the molecule is CCC1Cc2c(ccnc2F)C(C)N1C(=O)Nc1ccc(-c2nnc(C(F)(F)F)s2)cc1. The summed E-state index contributed by atoms with van der Waals surface area (Å²) in [5.41, 5.74) is 2.21. The highest BCUT2D eigenvalue weighted by Gasteiger charge is 2.37. The number of halogens is 4. The maximum Gasteiger partial charge on any atom is 0.445 e. The summed E-state index contributed by atoms with van der Waals surface area (Å²) in [6.07, 6.45) is -2.13. The molecule has 2 atom stereocenters. The van der Waals surface area contributed by atoms with Gasteiger partial charge in [-0.3, -0.25) is 0 Å². The Bertz CT molecular complexity index is 1130. The smallest absolute Gasteiger partial charge is 0.314 e. The number of hydrogen-bond acceptors (Lipinski definition) is 5. The molecule has 0 saturated carbocycles. The average molecular weight is 465 g/mol. The van der Waals surface area contributed by atoms with Crippen LogP contribution in [0.5, 0.6) is 0 Å². The molecule has 3 heterocycles. The van der Waals surface area contributed by atoms with E-state index >= 15 is 0 Å². The van der Waals surface area contributed by atoms with Crippen LogP contribution in [0.1, 0.15) is 42.4 Å². The summed E-state index contributed by atoms with van der Waals surface area (Å²) < 4.78 is 52.4. The Morgan fingerprint density at radius 2 is 1.94 bits per heavy atom. The van der Waals surface area contributed by atoms with Gasteiger partial charge in [0.15, 0.2) is 0 Å². The molecule has 1 N–H and O–H groups in total. The minimum absolute atomic E-state index is 0.137. The van der Waals surface area contributed by atoms with Crippen LogP contribution in [-0.2, 0) is 12.6 Å². The largest absolute Gasteiger partial charge is 0.445 e. The van der Waals surface area contributed by atoms with Crippen LogP contribution in [0, 0.1) is 5.95 Å². The molecule has 0 aliphatic carbocycles. The quantitative estimate of drug-likeness (QED) is 0.399. The number of rotatable bonds is 3. The zero-order valence-corrected chi connectivity index (χ0v) is 18.0. The second-order valence-corrected chi connectivity index (χ2v) is 8.41. The molecule has 0 bridgehead atoms. The van der Waals surface area contributed by atoms with Crippen LogP contribution < -0.4 is 5.32 Å². The molecule has 0 radical (unpaired) electrons. The monoisotopic (exact) mass is 465 g/mol. The molecule has 4 rings (SSSR count). The standard InChI is InChI=1S/C21H19F4N5OS/c1-3-14-10-16-15(8-9-26-17(16)22)11(2)30(14)20(31)27-13-6-4-12(5-7-13)18-28-29-19(32-18)21(23,24)25/h4-9,11,14H,3,10H2,1-2H3,(H,27,31). The summed E-state index contributed by atoms with van der Waals surface area (Å²) in [4.78, 5) is 18.5. The Morgan fingerprint density at radius 3 is 2.56 bits per heavy atom. The van der Waals surface area contributed by atoms with E-state index in [2.05, 4.69) is 20.5 Å². The van der Waals surface area contributed by atoms with Gasteiger partial charge in [-0.15, -0.1) is 10.2 Å². The summed E-state index contributed by atoms with van der Waals surface area (Å²) in [5.74, 6) is -0.506. The molecule has 11 heteroatoms. The van der Waals surface area contributed by atoms with E-state index in [9.17, 15) is 22.4 Å². The van der Waals surface area contributed by atoms with E-state index in [4.69, 9.17) is 0 Å². The molecule has 6 nitrogen and oxygen atoms in total. The molecular weight excluding hydrogens is 446 g/mol. The molecule has 0 spiro atoms. The molecule has 1 aliphatic heterocycles. The number of urea groups is 1. The van der Waals surface area contributed by atoms with Crippen LogP contribution in [0.25, 0.3) is 10.6 Å². The lowest BCUT2D eigenvalue weighted by Crippen LogP contribution is -2.48. The van der Waals surface area contributed by atoms with Gasteiger partial charge in [-0.25, -0.2) is 9.78 Å². The first-order valence-corrected chi connectivity index (χ1v) is 10.7. The third kappa shape index (κ3) is 4.16. The number of nitrogens with one attached hydrogen (secondary N) is 1. The van der Waals surface area contributed by atoms with E-state index < -0.39 is 17.1 Å². The predicted octanol–water partition coefficient (Wildman–Crippen LogP) is 5.69. The number of nitrogens with zero attached hydrogens (tertiary/aromatic N) is 4. The Morgan fingerprint density at radius 1 is 1.22 bits per heavy atom. The van der Waals surface area contributed by atoms with Crippen LogP contribution in [0.2, 0.25) is 0 Å². The highest BCUT2D eigenvalue weighted by molar-refractivity contribution is 7.14. The number of fused-ring (bicyclic) bond motifs is 1. The van der Waals surface area contributed by atoms with Crippen molar-refractivity contribution in [1.82, 2.24) is 20.1 Å². The number of aromatic nitrogens is 3. The van der Waals surface area contributed by atoms with Crippen LogP contribution in [0.4, 0.5) is 28.0 Å². The average Bonchev–Trinajstić information content (AvgIpc) is 3.25. The summed E-state index contributed by atoms with van der Waals surface area (Å²) in [5, 5.41) is 8.73. The minimum Gasteiger partial charge on any atom is -0.314 e. The molecule has 1 aliphatic rings. The summed E-state index contributed by atoms with van der Waals surface area (Å²) >= 11 is 0.455. The lowest BCUT2D eigenvalue weighted by molar-refractivity contribution is -0.138. The first-order chi connectivity index (χ1) is 15.2. The van der Waals surface area contributed by atoms with Crippen LogP contribution in [0.3, 0.4) is 0 Å². The summed E-state index contributed by atoms with van der Waals surface area (Å²) in [6.45, 7) is 3.78. The van der Waals surface area contributed by atoms with E-state index in [0.717, 1.165) is 5.56 Å². The fourth-order valence-electron chi connectivity index (χ4n) is 3.90. The van der Waals surface area contributed by atoms with Crippen molar-refractivity contribution in [2.24, 2.45) is 0 Å². The van der Waals surface area contributed by atoms with E-state index in [1.807, 2.05) is 13.8 Å². The van der Waals surface area contributed by atoms with Crippen molar-refractivity contribution in [3.63, 3.8) is 0 Å². The number of hydrogen-bond donors (Lipinski definition) is 1. The van der Waals surface area contributed by atoms with Gasteiger partial charge in [-0.1, -0.05) is 18.3 Å². The molecular formula is C21H19F4N5OS. The van der Waals surface area contributed by atoms with E-state index in [1.54, 1.807) is 35.2 Å². The van der Waals surface area contributed by atoms with Gasteiger partial charge in [-0.2, -0.15) is 17.6 Å². The van der Waals surface area contributed by atoms with Crippen molar-refractivity contribution >= 4 is 23.1 Å². The van der Waals surface area contributed by atoms with Gasteiger partial charge in [0.1, 0.15) is 5.01 Å². The molecule has 2 unspecified atom stereocenters. The van der Waals surface area contributed by atoms with Crippen molar-refractivity contribution in [3.05, 3.63) is 58.6 Å². The third-order valence-corrected chi connectivity index (χ3v) is 6.51. The number of carbonyl (C=O) groups is 1. The minimum atomic E-state index is -4.54. The van der Waals surface area contributed by atoms with Gasteiger partial charge in [0, 0.05) is 29.1 Å². The van der Waals surface area contributed by atoms with E-state index in [0.29, 0.717) is 41.0 Å². The molecule has 0 saturated heterocycles. The highest BCUT2D eigenvalue weighted by Crippen LogP contribution is 2.36. The van der Waals surface area contributed by atoms with Gasteiger partial charge < -0.3 is 10.2 Å². The second kappa shape index (κ2) is 8.45. The normalized spacial score (nSPS) is 18.4. The van der Waals surface area contributed by atoms with E-state index in [1.165, 1.54) is 6.20 Å². The van der Waals surface area contributed by atoms with Gasteiger partial charge >= 0.3 is 12.2 Å². The molecule has 3 aromatic rings. The fraction of sp³-hybridized carbons (Fsp3) is 0.333. The fourth-order valence-corrected chi connectivity index (χ4v) is 4.61. The highest BCUT2D eigenvalue weighted by atomic mass is 32.1. The Kier molecular flexibility index (Phi) is 5.85.